The third kappa shape index (κ3) is 3.31. The average Bonchev–Trinajstić information content (AvgIpc) is 3.15. The van der Waals surface area contributed by atoms with Gasteiger partial charge in [-0.3, -0.25) is 4.79 Å². The molecule has 1 N–H and O–H groups in total. The second-order valence-corrected chi connectivity index (χ2v) is 7.30. The van der Waals surface area contributed by atoms with Crippen LogP contribution in [0.3, 0.4) is 0 Å². The summed E-state index contributed by atoms with van der Waals surface area (Å²) in [5, 5.41) is 3.64. The Bertz CT molecular complexity index is 786. The summed E-state index contributed by atoms with van der Waals surface area (Å²) in [6.45, 7) is 4.31. The van der Waals surface area contributed by atoms with Crippen molar-refractivity contribution in [1.29, 1.82) is 0 Å². The van der Waals surface area contributed by atoms with E-state index in [1.165, 1.54) is 5.56 Å². The van der Waals surface area contributed by atoms with Crippen LogP contribution in [0.4, 0.5) is 0 Å². The summed E-state index contributed by atoms with van der Waals surface area (Å²) in [6, 6.07) is 13.1. The molecule has 0 bridgehead atoms. The van der Waals surface area contributed by atoms with Gasteiger partial charge in [-0.05, 0) is 41.3 Å². The van der Waals surface area contributed by atoms with Gasteiger partial charge in [-0.25, -0.2) is 0 Å². The van der Waals surface area contributed by atoms with Gasteiger partial charge in [0.15, 0.2) is 0 Å². The van der Waals surface area contributed by atoms with E-state index < -0.39 is 0 Å². The number of methoxy groups -OCH3 is 2. The molecule has 0 aromatic heterocycles. The summed E-state index contributed by atoms with van der Waals surface area (Å²) in [7, 11) is 3.19. The van der Waals surface area contributed by atoms with E-state index in [1.54, 1.807) is 32.4 Å². The van der Waals surface area contributed by atoms with E-state index in [0.29, 0.717) is 16.3 Å². The zero-order valence-electron chi connectivity index (χ0n) is 14.8. The molecule has 2 atom stereocenters. The van der Waals surface area contributed by atoms with Crippen LogP contribution in [0.15, 0.2) is 42.5 Å². The van der Waals surface area contributed by atoms with Gasteiger partial charge in [0.05, 0.1) is 19.8 Å². The first-order chi connectivity index (χ1) is 11.9. The Morgan fingerprint density at radius 2 is 1.76 bits per heavy atom. The molecular formula is C20H22ClNO3. The van der Waals surface area contributed by atoms with E-state index in [2.05, 4.69) is 31.3 Å². The van der Waals surface area contributed by atoms with Gasteiger partial charge in [0, 0.05) is 17.0 Å². The second-order valence-electron chi connectivity index (χ2n) is 6.87. The fraction of sp³-hybridized carbons (Fsp3) is 0.350. The van der Waals surface area contributed by atoms with Gasteiger partial charge in [0.2, 0.25) is 0 Å². The molecule has 5 heteroatoms. The van der Waals surface area contributed by atoms with Crippen LogP contribution in [0.1, 0.15) is 35.7 Å². The van der Waals surface area contributed by atoms with Crippen LogP contribution in [-0.2, 0) is 0 Å². The highest BCUT2D eigenvalue weighted by molar-refractivity contribution is 6.31. The molecule has 0 spiro atoms. The molecule has 25 heavy (non-hydrogen) atoms. The third-order valence-corrected chi connectivity index (χ3v) is 5.23. The predicted octanol–water partition coefficient (Wildman–Crippen LogP) is 4.28. The van der Waals surface area contributed by atoms with Crippen molar-refractivity contribution in [3.63, 3.8) is 0 Å². The molecule has 3 rings (SSSR count). The van der Waals surface area contributed by atoms with E-state index in [9.17, 15) is 4.79 Å². The third-order valence-electron chi connectivity index (χ3n) is 5.00. The minimum atomic E-state index is -0.173. The van der Waals surface area contributed by atoms with E-state index in [0.717, 1.165) is 5.75 Å². The smallest absolute Gasteiger partial charge is 0.255 e. The predicted molar refractivity (Wildman–Crippen MR) is 98.8 cm³/mol. The molecule has 2 unspecified atom stereocenters. The molecule has 1 amide bonds. The Morgan fingerprint density at radius 3 is 2.36 bits per heavy atom. The van der Waals surface area contributed by atoms with Gasteiger partial charge in [-0.15, -0.1) is 0 Å². The number of hydrogen-bond donors (Lipinski definition) is 1. The molecule has 2 aromatic carbocycles. The molecule has 0 heterocycles. The lowest BCUT2D eigenvalue weighted by Gasteiger charge is -2.10. The summed E-state index contributed by atoms with van der Waals surface area (Å²) in [5.74, 6) is 1.42. The van der Waals surface area contributed by atoms with E-state index in [-0.39, 0.29) is 23.3 Å². The summed E-state index contributed by atoms with van der Waals surface area (Å²) in [5.41, 5.74) is 1.62. The average molecular weight is 360 g/mol. The monoisotopic (exact) mass is 359 g/mol. The number of carbonyl (C=O) groups excluding carboxylic acids is 1. The van der Waals surface area contributed by atoms with Crippen molar-refractivity contribution in [3.05, 3.63) is 58.6 Å². The van der Waals surface area contributed by atoms with Gasteiger partial charge < -0.3 is 14.8 Å². The Balaban J connectivity index is 1.78. The number of rotatable bonds is 5. The van der Waals surface area contributed by atoms with Crippen molar-refractivity contribution in [2.45, 2.75) is 25.8 Å². The first kappa shape index (κ1) is 17.6. The lowest BCUT2D eigenvalue weighted by molar-refractivity contribution is 0.0943. The minimum absolute atomic E-state index is 0.0178. The molecule has 0 saturated heterocycles. The van der Waals surface area contributed by atoms with Crippen molar-refractivity contribution < 1.29 is 14.3 Å². The maximum atomic E-state index is 12.7. The Morgan fingerprint density at radius 1 is 1.08 bits per heavy atom. The number of carbonyl (C=O) groups is 1. The van der Waals surface area contributed by atoms with Crippen LogP contribution in [-0.4, -0.2) is 26.2 Å². The first-order valence-electron chi connectivity index (χ1n) is 8.17. The lowest BCUT2D eigenvalue weighted by Crippen LogP contribution is -2.29. The van der Waals surface area contributed by atoms with Crippen LogP contribution >= 0.6 is 11.6 Å². The topological polar surface area (TPSA) is 47.6 Å². The Kier molecular flexibility index (Phi) is 4.65. The number of halogens is 1. The van der Waals surface area contributed by atoms with E-state index >= 15 is 0 Å². The highest BCUT2D eigenvalue weighted by Gasteiger charge is 2.59. The van der Waals surface area contributed by atoms with Crippen LogP contribution < -0.4 is 14.8 Å². The quantitative estimate of drug-likeness (QED) is 0.866. The molecular weight excluding hydrogens is 338 g/mol. The summed E-state index contributed by atoms with van der Waals surface area (Å²) in [6.07, 6.45) is 0. The highest BCUT2D eigenvalue weighted by atomic mass is 35.5. The van der Waals surface area contributed by atoms with E-state index in [4.69, 9.17) is 21.1 Å². The molecule has 1 aliphatic rings. The van der Waals surface area contributed by atoms with Crippen molar-refractivity contribution >= 4 is 17.5 Å². The fourth-order valence-corrected chi connectivity index (χ4v) is 3.59. The fourth-order valence-electron chi connectivity index (χ4n) is 3.42. The van der Waals surface area contributed by atoms with Crippen molar-refractivity contribution in [2.75, 3.05) is 14.2 Å². The molecule has 132 valence electrons. The van der Waals surface area contributed by atoms with Gasteiger partial charge in [0.25, 0.3) is 5.91 Å². The SMILES string of the molecule is COc1ccc(C2C(NC(=O)c3cc(Cl)ccc3OC)C2(C)C)cc1. The van der Waals surface area contributed by atoms with Crippen LogP contribution in [0.2, 0.25) is 5.02 Å². The molecule has 4 nitrogen and oxygen atoms in total. The minimum Gasteiger partial charge on any atom is -0.497 e. The maximum Gasteiger partial charge on any atom is 0.255 e. The Labute approximate surface area is 153 Å². The van der Waals surface area contributed by atoms with Crippen molar-refractivity contribution in [3.8, 4) is 11.5 Å². The number of amides is 1. The molecule has 1 saturated carbocycles. The van der Waals surface area contributed by atoms with Crippen molar-refractivity contribution in [2.24, 2.45) is 5.41 Å². The van der Waals surface area contributed by atoms with Gasteiger partial charge in [-0.1, -0.05) is 37.6 Å². The first-order valence-corrected chi connectivity index (χ1v) is 8.54. The molecule has 1 aliphatic carbocycles. The second kappa shape index (κ2) is 6.60. The maximum absolute atomic E-state index is 12.7. The normalized spacial score (nSPS) is 20.7. The summed E-state index contributed by atoms with van der Waals surface area (Å²) >= 11 is 6.03. The zero-order chi connectivity index (χ0) is 18.2. The number of hydrogen-bond acceptors (Lipinski definition) is 3. The molecule has 2 aromatic rings. The van der Waals surface area contributed by atoms with Gasteiger partial charge in [-0.2, -0.15) is 0 Å². The molecule has 0 aliphatic heterocycles. The Hall–Kier alpha value is -2.20. The van der Waals surface area contributed by atoms with Crippen molar-refractivity contribution in [1.82, 2.24) is 5.32 Å². The largest absolute Gasteiger partial charge is 0.497 e. The van der Waals surface area contributed by atoms with Gasteiger partial charge in [0.1, 0.15) is 11.5 Å². The standard InChI is InChI=1S/C20H22ClNO3/c1-20(2)17(12-5-8-14(24-3)9-6-12)18(20)22-19(23)15-11-13(21)7-10-16(15)25-4/h5-11,17-18H,1-4H3,(H,22,23). The highest BCUT2D eigenvalue weighted by Crippen LogP contribution is 2.58. The van der Waals surface area contributed by atoms with Gasteiger partial charge >= 0.3 is 0 Å². The molecule has 1 fully saturated rings. The number of nitrogens with one attached hydrogen (secondary N) is 1. The summed E-state index contributed by atoms with van der Waals surface area (Å²) in [4.78, 5) is 12.7. The number of benzene rings is 2. The van der Waals surface area contributed by atoms with Crippen LogP contribution in [0.25, 0.3) is 0 Å². The van der Waals surface area contributed by atoms with E-state index in [1.807, 2.05) is 12.1 Å². The number of ether oxygens (including phenoxy) is 2. The molecule has 0 radical (unpaired) electrons. The lowest BCUT2D eigenvalue weighted by atomic mass is 10.0. The zero-order valence-corrected chi connectivity index (χ0v) is 15.6. The summed E-state index contributed by atoms with van der Waals surface area (Å²) < 4.78 is 10.5. The van der Waals surface area contributed by atoms with Crippen LogP contribution in [0.5, 0.6) is 11.5 Å². The van der Waals surface area contributed by atoms with Crippen LogP contribution in [0, 0.1) is 5.41 Å².